The second-order valence-electron chi connectivity index (χ2n) is 3.50. The Hall–Kier alpha value is -1.34. The fourth-order valence-electron chi connectivity index (χ4n) is 1.31. The summed E-state index contributed by atoms with van der Waals surface area (Å²) in [4.78, 5) is 0. The Bertz CT molecular complexity index is 438. The lowest BCUT2D eigenvalue weighted by atomic mass is 10.2. The molecule has 86 valence electrons. The molecule has 0 saturated heterocycles. The van der Waals surface area contributed by atoms with Crippen LogP contribution in [0.1, 0.15) is 17.9 Å². The fourth-order valence-corrected chi connectivity index (χ4v) is 2.28. The molecule has 2 aromatic rings. The summed E-state index contributed by atoms with van der Waals surface area (Å²) < 4.78 is 6.98. The monoisotopic (exact) mass is 239 g/mol. The van der Waals surface area contributed by atoms with E-state index in [1.165, 1.54) is 11.8 Å². The van der Waals surface area contributed by atoms with Crippen molar-refractivity contribution in [2.45, 2.75) is 23.4 Å². The molecule has 0 aromatic carbocycles. The normalized spacial score (nSPS) is 14.9. The highest BCUT2D eigenvalue weighted by atomic mass is 32.2. The summed E-state index contributed by atoms with van der Waals surface area (Å²) in [6.07, 6.45) is 1.64. The van der Waals surface area contributed by atoms with Crippen LogP contribution in [0.25, 0.3) is 0 Å². The van der Waals surface area contributed by atoms with E-state index >= 15 is 0 Å². The molecular weight excluding hydrogens is 226 g/mol. The second kappa shape index (κ2) is 4.67. The van der Waals surface area contributed by atoms with Gasteiger partial charge in [-0.25, -0.2) is 4.68 Å². The van der Waals surface area contributed by atoms with E-state index in [0.717, 1.165) is 10.9 Å². The molecule has 2 aromatic heterocycles. The Morgan fingerprint density at radius 3 is 2.88 bits per heavy atom. The number of thioether (sulfide) groups is 1. The number of nitrogens with zero attached hydrogens (tertiary/aromatic N) is 4. The highest BCUT2D eigenvalue weighted by molar-refractivity contribution is 7.99. The highest BCUT2D eigenvalue weighted by Gasteiger charge is 2.22. The van der Waals surface area contributed by atoms with Gasteiger partial charge < -0.3 is 10.2 Å². The summed E-state index contributed by atoms with van der Waals surface area (Å²) >= 11 is 1.50. The van der Waals surface area contributed by atoms with Crippen LogP contribution in [0.2, 0.25) is 0 Å². The molecule has 0 aliphatic rings. The van der Waals surface area contributed by atoms with Gasteiger partial charge in [-0.3, -0.25) is 0 Å². The van der Waals surface area contributed by atoms with E-state index < -0.39 is 0 Å². The van der Waals surface area contributed by atoms with E-state index in [4.69, 9.17) is 10.2 Å². The summed E-state index contributed by atoms with van der Waals surface area (Å²) in [5.41, 5.74) is 5.94. The molecule has 0 aliphatic carbocycles. The third-order valence-electron chi connectivity index (χ3n) is 2.11. The topological polar surface area (TPSA) is 82.8 Å². The van der Waals surface area contributed by atoms with Crippen molar-refractivity contribution >= 4 is 11.8 Å². The van der Waals surface area contributed by atoms with E-state index in [-0.39, 0.29) is 11.3 Å². The van der Waals surface area contributed by atoms with E-state index in [1.54, 1.807) is 18.0 Å². The lowest BCUT2D eigenvalue weighted by molar-refractivity contribution is 0.486. The fraction of sp³-hybridized carbons (Fsp3) is 0.444. The number of nitrogens with two attached hydrogens (primary N) is 1. The zero-order valence-electron chi connectivity index (χ0n) is 9.07. The van der Waals surface area contributed by atoms with Gasteiger partial charge >= 0.3 is 0 Å². The van der Waals surface area contributed by atoms with Gasteiger partial charge in [0.25, 0.3) is 0 Å². The number of hydrogen-bond donors (Lipinski definition) is 1. The van der Waals surface area contributed by atoms with Gasteiger partial charge in [-0.2, -0.15) is 0 Å². The largest absolute Gasteiger partial charge is 0.468 e. The van der Waals surface area contributed by atoms with Crippen molar-refractivity contribution in [1.29, 1.82) is 0 Å². The third-order valence-corrected chi connectivity index (χ3v) is 3.59. The third kappa shape index (κ3) is 2.25. The molecule has 2 heterocycles. The second-order valence-corrected chi connectivity index (χ2v) is 4.61. The zero-order chi connectivity index (χ0) is 11.5. The van der Waals surface area contributed by atoms with E-state index in [9.17, 15) is 0 Å². The summed E-state index contributed by atoms with van der Waals surface area (Å²) in [6, 6.07) is 3.71. The number of aryl methyl sites for hydroxylation is 1. The summed E-state index contributed by atoms with van der Waals surface area (Å²) in [5.74, 6) is 0.836. The van der Waals surface area contributed by atoms with Gasteiger partial charge in [0.15, 0.2) is 0 Å². The van der Waals surface area contributed by atoms with Gasteiger partial charge in [0, 0.05) is 13.1 Å². The number of furan rings is 1. The molecule has 2 unspecified atom stereocenters. The van der Waals surface area contributed by atoms with Crippen LogP contribution in [0.3, 0.4) is 0 Å². The van der Waals surface area contributed by atoms with Crippen molar-refractivity contribution < 1.29 is 4.42 Å². The van der Waals surface area contributed by atoms with E-state index in [1.807, 2.05) is 19.1 Å². The predicted octanol–water partition coefficient (Wildman–Crippen LogP) is 0.984. The molecule has 0 bridgehead atoms. The quantitative estimate of drug-likeness (QED) is 0.801. The Morgan fingerprint density at radius 1 is 1.56 bits per heavy atom. The smallest absolute Gasteiger partial charge is 0.209 e. The van der Waals surface area contributed by atoms with Gasteiger partial charge in [-0.1, -0.05) is 11.8 Å². The molecule has 0 radical (unpaired) electrons. The van der Waals surface area contributed by atoms with Crippen molar-refractivity contribution in [3.63, 3.8) is 0 Å². The van der Waals surface area contributed by atoms with Crippen LogP contribution in [0.15, 0.2) is 28.0 Å². The number of tetrazole rings is 1. The van der Waals surface area contributed by atoms with Gasteiger partial charge in [-0.05, 0) is 29.5 Å². The first-order valence-corrected chi connectivity index (χ1v) is 5.74. The Balaban J connectivity index is 2.19. The first kappa shape index (κ1) is 11.2. The van der Waals surface area contributed by atoms with Crippen LogP contribution >= 0.6 is 11.8 Å². The Labute approximate surface area is 97.2 Å². The van der Waals surface area contributed by atoms with Crippen LogP contribution in [0.4, 0.5) is 0 Å². The molecule has 7 heteroatoms. The molecule has 6 nitrogen and oxygen atoms in total. The molecule has 2 atom stereocenters. The lowest BCUT2D eigenvalue weighted by Crippen LogP contribution is -2.22. The minimum atomic E-state index is -0.0483. The molecule has 0 saturated carbocycles. The van der Waals surface area contributed by atoms with Crippen LogP contribution in [-0.4, -0.2) is 26.2 Å². The first-order valence-electron chi connectivity index (χ1n) is 4.86. The predicted molar refractivity (Wildman–Crippen MR) is 59.8 cm³/mol. The highest BCUT2D eigenvalue weighted by Crippen LogP contribution is 2.35. The van der Waals surface area contributed by atoms with Crippen molar-refractivity contribution in [3.8, 4) is 0 Å². The molecule has 16 heavy (non-hydrogen) atoms. The number of rotatable bonds is 4. The van der Waals surface area contributed by atoms with Crippen LogP contribution < -0.4 is 5.73 Å². The zero-order valence-corrected chi connectivity index (χ0v) is 9.89. The molecule has 2 rings (SSSR count). The van der Waals surface area contributed by atoms with Gasteiger partial charge in [0.1, 0.15) is 5.76 Å². The summed E-state index contributed by atoms with van der Waals surface area (Å²) in [5, 5.41) is 12.0. The lowest BCUT2D eigenvalue weighted by Gasteiger charge is -2.16. The van der Waals surface area contributed by atoms with E-state index in [2.05, 4.69) is 15.5 Å². The van der Waals surface area contributed by atoms with E-state index in [0.29, 0.717) is 0 Å². The summed E-state index contributed by atoms with van der Waals surface area (Å²) in [6.45, 7) is 1.93. The van der Waals surface area contributed by atoms with Crippen molar-refractivity contribution in [2.24, 2.45) is 12.8 Å². The van der Waals surface area contributed by atoms with Crippen LogP contribution in [-0.2, 0) is 7.05 Å². The molecule has 2 N–H and O–H groups in total. The van der Waals surface area contributed by atoms with Crippen LogP contribution in [0.5, 0.6) is 0 Å². The van der Waals surface area contributed by atoms with Crippen molar-refractivity contribution in [1.82, 2.24) is 20.2 Å². The molecule has 0 spiro atoms. The maximum Gasteiger partial charge on any atom is 0.209 e. The number of hydrogen-bond acceptors (Lipinski definition) is 6. The summed E-state index contributed by atoms with van der Waals surface area (Å²) in [7, 11) is 1.79. The maximum atomic E-state index is 5.94. The Morgan fingerprint density at radius 2 is 2.38 bits per heavy atom. The van der Waals surface area contributed by atoms with Crippen molar-refractivity contribution in [2.75, 3.05) is 0 Å². The molecule has 0 amide bonds. The maximum absolute atomic E-state index is 5.94. The van der Waals surface area contributed by atoms with Gasteiger partial charge in [-0.15, -0.1) is 5.10 Å². The van der Waals surface area contributed by atoms with Crippen molar-refractivity contribution in [3.05, 3.63) is 24.2 Å². The average molecular weight is 239 g/mol. The van der Waals surface area contributed by atoms with Gasteiger partial charge in [0.05, 0.1) is 11.5 Å². The van der Waals surface area contributed by atoms with Crippen LogP contribution in [0, 0.1) is 0 Å². The molecular formula is C9H13N5OS. The minimum absolute atomic E-state index is 0.0136. The van der Waals surface area contributed by atoms with Gasteiger partial charge in [0.2, 0.25) is 5.16 Å². The SMILES string of the molecule is CC(N)C(Sc1nnnn1C)c1ccco1. The average Bonchev–Trinajstić information content (AvgIpc) is 2.85. The first-order chi connectivity index (χ1) is 7.68. The molecule has 0 aliphatic heterocycles. The number of aromatic nitrogens is 4. The Kier molecular flexibility index (Phi) is 3.25. The minimum Gasteiger partial charge on any atom is -0.468 e. The molecule has 0 fully saturated rings. The standard InChI is InChI=1S/C9H13N5OS/c1-6(10)8(7-4-3-5-15-7)16-9-11-12-13-14(9)2/h3-6,8H,10H2,1-2H3.